The van der Waals surface area contributed by atoms with E-state index in [1.807, 2.05) is 0 Å². The molecule has 1 fully saturated rings. The maximum absolute atomic E-state index is 12.7. The van der Waals surface area contributed by atoms with E-state index in [4.69, 9.17) is 26.8 Å². The molecule has 6 nitrogen and oxygen atoms in total. The summed E-state index contributed by atoms with van der Waals surface area (Å²) in [7, 11) is 0. The van der Waals surface area contributed by atoms with Gasteiger partial charge in [-0.2, -0.15) is 0 Å². The van der Waals surface area contributed by atoms with Crippen molar-refractivity contribution in [3.8, 4) is 11.5 Å². The Morgan fingerprint density at radius 2 is 1.89 bits per heavy atom. The zero-order valence-corrected chi connectivity index (χ0v) is 16.9. The standard InChI is InChI=1S/C18H20ClN3O3.2ClH/c19-15-11-13(1-2-16(15)25-14-3-7-21-8-4-14)22-17(23)18(12-20)5-9-24-10-6-18;;/h1-4,7-8,11H,5-6,9-10,12,20H2,(H,22,23);2*1H. The Kier molecular flexibility index (Phi) is 9.29. The van der Waals surface area contributed by atoms with Crippen molar-refractivity contribution in [2.45, 2.75) is 12.8 Å². The molecule has 3 rings (SSSR count). The van der Waals surface area contributed by atoms with Crippen LogP contribution in [0, 0.1) is 5.41 Å². The summed E-state index contributed by atoms with van der Waals surface area (Å²) < 4.78 is 11.0. The predicted octanol–water partition coefficient (Wildman–Crippen LogP) is 4.06. The van der Waals surface area contributed by atoms with Gasteiger partial charge in [0.1, 0.15) is 11.5 Å². The third kappa shape index (κ3) is 5.70. The quantitative estimate of drug-likeness (QED) is 0.741. The van der Waals surface area contributed by atoms with Crippen LogP contribution in [-0.2, 0) is 9.53 Å². The third-order valence-corrected chi connectivity index (χ3v) is 4.68. The summed E-state index contributed by atoms with van der Waals surface area (Å²) >= 11 is 6.28. The maximum Gasteiger partial charge on any atom is 0.232 e. The molecular formula is C18H22Cl3N3O3. The fourth-order valence-corrected chi connectivity index (χ4v) is 2.96. The Hall–Kier alpha value is -1.57. The number of nitrogens with two attached hydrogens (primary N) is 1. The van der Waals surface area contributed by atoms with Crippen LogP contribution in [0.1, 0.15) is 12.8 Å². The molecule has 1 aliphatic heterocycles. The number of nitrogens with one attached hydrogen (secondary N) is 1. The summed E-state index contributed by atoms with van der Waals surface area (Å²) in [5, 5.41) is 3.32. The molecule has 2 aromatic rings. The maximum atomic E-state index is 12.7. The molecule has 1 aromatic carbocycles. The third-order valence-electron chi connectivity index (χ3n) is 4.39. The number of rotatable bonds is 5. The number of carbonyl (C=O) groups is 1. The van der Waals surface area contributed by atoms with E-state index >= 15 is 0 Å². The van der Waals surface area contributed by atoms with Crippen LogP contribution >= 0.6 is 36.4 Å². The van der Waals surface area contributed by atoms with Crippen LogP contribution in [0.4, 0.5) is 5.69 Å². The van der Waals surface area contributed by atoms with Gasteiger partial charge in [0.15, 0.2) is 0 Å². The number of hydrogen-bond donors (Lipinski definition) is 2. The van der Waals surface area contributed by atoms with Crippen LogP contribution in [0.3, 0.4) is 0 Å². The molecule has 0 saturated carbocycles. The van der Waals surface area contributed by atoms with Crippen molar-refractivity contribution < 1.29 is 14.3 Å². The summed E-state index contributed by atoms with van der Waals surface area (Å²) in [4.78, 5) is 16.6. The number of carbonyl (C=O) groups excluding carboxylic acids is 1. The van der Waals surface area contributed by atoms with Gasteiger partial charge in [-0.05, 0) is 43.2 Å². The smallest absolute Gasteiger partial charge is 0.232 e. The number of halogens is 3. The zero-order chi connectivity index (χ0) is 17.7. The molecule has 1 aromatic heterocycles. The molecule has 0 spiro atoms. The molecule has 2 heterocycles. The zero-order valence-electron chi connectivity index (χ0n) is 14.5. The topological polar surface area (TPSA) is 86.5 Å². The number of ether oxygens (including phenoxy) is 2. The van der Waals surface area contributed by atoms with Gasteiger partial charge in [-0.15, -0.1) is 24.8 Å². The van der Waals surface area contributed by atoms with Crippen LogP contribution in [0.15, 0.2) is 42.7 Å². The van der Waals surface area contributed by atoms with E-state index in [0.29, 0.717) is 54.8 Å². The summed E-state index contributed by atoms with van der Waals surface area (Å²) in [6.07, 6.45) is 4.51. The number of benzene rings is 1. The lowest BCUT2D eigenvalue weighted by molar-refractivity contribution is -0.130. The van der Waals surface area contributed by atoms with Crippen molar-refractivity contribution in [2.75, 3.05) is 25.1 Å². The Balaban J connectivity index is 0.00000182. The average molecular weight is 435 g/mol. The number of hydrogen-bond acceptors (Lipinski definition) is 5. The SMILES string of the molecule is Cl.Cl.NCC1(C(=O)Nc2ccc(Oc3ccncc3)c(Cl)c2)CCOCC1. The van der Waals surface area contributed by atoms with Gasteiger partial charge >= 0.3 is 0 Å². The summed E-state index contributed by atoms with van der Waals surface area (Å²) in [5.41, 5.74) is 5.89. The summed E-state index contributed by atoms with van der Waals surface area (Å²) in [6, 6.07) is 8.62. The van der Waals surface area contributed by atoms with Crippen molar-refractivity contribution in [1.29, 1.82) is 0 Å². The second-order valence-electron chi connectivity index (χ2n) is 5.98. The van der Waals surface area contributed by atoms with Crippen molar-refractivity contribution in [2.24, 2.45) is 11.1 Å². The highest BCUT2D eigenvalue weighted by molar-refractivity contribution is 6.32. The van der Waals surface area contributed by atoms with Crippen molar-refractivity contribution >= 4 is 48.0 Å². The van der Waals surface area contributed by atoms with E-state index < -0.39 is 5.41 Å². The van der Waals surface area contributed by atoms with E-state index in [-0.39, 0.29) is 30.7 Å². The minimum absolute atomic E-state index is 0. The first-order chi connectivity index (χ1) is 12.1. The Bertz CT molecular complexity index is 741. The molecule has 0 atom stereocenters. The number of amides is 1. The van der Waals surface area contributed by atoms with Gasteiger partial charge in [-0.3, -0.25) is 9.78 Å². The van der Waals surface area contributed by atoms with Crippen LogP contribution in [0.5, 0.6) is 11.5 Å². The lowest BCUT2D eigenvalue weighted by atomic mass is 9.79. The molecule has 148 valence electrons. The monoisotopic (exact) mass is 433 g/mol. The highest BCUT2D eigenvalue weighted by atomic mass is 35.5. The first-order valence-corrected chi connectivity index (χ1v) is 8.47. The van der Waals surface area contributed by atoms with Gasteiger partial charge in [0, 0.05) is 37.8 Å². The second-order valence-corrected chi connectivity index (χ2v) is 6.39. The molecule has 27 heavy (non-hydrogen) atoms. The van der Waals surface area contributed by atoms with Crippen LogP contribution in [0.2, 0.25) is 5.02 Å². The van der Waals surface area contributed by atoms with Gasteiger partial charge < -0.3 is 20.5 Å². The highest BCUT2D eigenvalue weighted by Crippen LogP contribution is 2.34. The number of nitrogens with zero attached hydrogens (tertiary/aromatic N) is 1. The first-order valence-electron chi connectivity index (χ1n) is 8.10. The summed E-state index contributed by atoms with van der Waals surface area (Å²) in [6.45, 7) is 1.38. The number of aromatic nitrogens is 1. The molecule has 1 aliphatic rings. The van der Waals surface area contributed by atoms with Gasteiger partial charge in [0.2, 0.25) is 5.91 Å². The molecule has 0 radical (unpaired) electrons. The minimum Gasteiger partial charge on any atom is -0.456 e. The van der Waals surface area contributed by atoms with Gasteiger partial charge in [0.05, 0.1) is 10.4 Å². The van der Waals surface area contributed by atoms with E-state index in [2.05, 4.69) is 10.3 Å². The Morgan fingerprint density at radius 1 is 1.22 bits per heavy atom. The van der Waals surface area contributed by atoms with Gasteiger partial charge in [-0.25, -0.2) is 0 Å². The van der Waals surface area contributed by atoms with E-state index in [0.717, 1.165) is 0 Å². The first kappa shape index (κ1) is 23.5. The largest absolute Gasteiger partial charge is 0.456 e. The normalized spacial score (nSPS) is 15.0. The van der Waals surface area contributed by atoms with Gasteiger partial charge in [0.25, 0.3) is 0 Å². The molecular weight excluding hydrogens is 413 g/mol. The second kappa shape index (κ2) is 10.7. The Morgan fingerprint density at radius 3 is 2.48 bits per heavy atom. The lowest BCUT2D eigenvalue weighted by Crippen LogP contribution is -2.46. The lowest BCUT2D eigenvalue weighted by Gasteiger charge is -2.34. The molecule has 0 unspecified atom stereocenters. The van der Waals surface area contributed by atoms with Crippen LogP contribution in [0.25, 0.3) is 0 Å². The number of pyridine rings is 1. The highest BCUT2D eigenvalue weighted by Gasteiger charge is 2.38. The van der Waals surface area contributed by atoms with E-state index in [1.165, 1.54) is 0 Å². The molecule has 0 bridgehead atoms. The minimum atomic E-state index is -0.586. The number of anilines is 1. The fraction of sp³-hybridized carbons (Fsp3) is 0.333. The fourth-order valence-electron chi connectivity index (χ4n) is 2.74. The van der Waals surface area contributed by atoms with Crippen LogP contribution in [-0.4, -0.2) is 30.6 Å². The van der Waals surface area contributed by atoms with Crippen LogP contribution < -0.4 is 15.8 Å². The molecule has 0 aliphatic carbocycles. The Labute approximate surface area is 175 Å². The predicted molar refractivity (Wildman–Crippen MR) is 110 cm³/mol. The molecule has 1 amide bonds. The van der Waals surface area contributed by atoms with Crippen molar-refractivity contribution in [3.63, 3.8) is 0 Å². The molecule has 1 saturated heterocycles. The molecule has 3 N–H and O–H groups in total. The summed E-state index contributed by atoms with van der Waals surface area (Å²) in [5.74, 6) is 1.04. The van der Waals surface area contributed by atoms with Gasteiger partial charge in [-0.1, -0.05) is 11.6 Å². The van der Waals surface area contributed by atoms with Crippen molar-refractivity contribution in [3.05, 3.63) is 47.7 Å². The van der Waals surface area contributed by atoms with E-state index in [9.17, 15) is 4.79 Å². The average Bonchev–Trinajstić information content (AvgIpc) is 2.65. The molecule has 9 heteroatoms. The van der Waals surface area contributed by atoms with E-state index in [1.54, 1.807) is 42.7 Å². The van der Waals surface area contributed by atoms with Crippen molar-refractivity contribution in [1.82, 2.24) is 4.98 Å².